The molecule has 8 heteroatoms. The average Bonchev–Trinajstić information content (AvgIpc) is 3.14. The van der Waals surface area contributed by atoms with E-state index in [1.54, 1.807) is 18.2 Å². The third kappa shape index (κ3) is 3.85. The van der Waals surface area contributed by atoms with Gasteiger partial charge in [-0.15, -0.1) is 0 Å². The number of carbonyl (C=O) groups excluding carboxylic acids is 1. The summed E-state index contributed by atoms with van der Waals surface area (Å²) >= 11 is 0. The van der Waals surface area contributed by atoms with Crippen molar-refractivity contribution in [3.63, 3.8) is 0 Å². The van der Waals surface area contributed by atoms with Gasteiger partial charge in [0.1, 0.15) is 12.7 Å². The Hall–Kier alpha value is -3.16. The molecule has 2 aromatic carbocycles. The van der Waals surface area contributed by atoms with E-state index in [9.17, 15) is 18.0 Å². The molecule has 0 saturated heterocycles. The fraction of sp³-hybridized carbons (Fsp3) is 0.118. The molecule has 0 aliphatic rings. The molecule has 1 heterocycles. The number of rotatable bonds is 4. The molecule has 5 nitrogen and oxygen atoms in total. The fourth-order valence-corrected chi connectivity index (χ4v) is 2.32. The lowest BCUT2D eigenvalue weighted by Crippen LogP contribution is -2.38. The number of aromatic nitrogens is 3. The maximum Gasteiger partial charge on any atom is 0.412 e. The van der Waals surface area contributed by atoms with E-state index in [-0.39, 0.29) is 11.1 Å². The van der Waals surface area contributed by atoms with Crippen LogP contribution in [0.25, 0.3) is 5.69 Å². The minimum absolute atomic E-state index is 0.0254. The van der Waals surface area contributed by atoms with Gasteiger partial charge in [0.05, 0.1) is 5.69 Å². The Morgan fingerprint density at radius 2 is 1.72 bits per heavy atom. The Kier molecular flexibility index (Phi) is 4.51. The van der Waals surface area contributed by atoms with Gasteiger partial charge in [-0.2, -0.15) is 18.3 Å². The molecule has 1 aromatic heterocycles. The van der Waals surface area contributed by atoms with Crippen LogP contribution in [-0.2, 0) is 0 Å². The molecule has 3 rings (SSSR count). The van der Waals surface area contributed by atoms with Gasteiger partial charge in [0.2, 0.25) is 0 Å². The average molecular weight is 346 g/mol. The standard InChI is InChI=1S/C17H13F3N4O/c18-17(19,20)15(12-4-2-1-3-5-12)23-16(25)13-6-8-14(9-7-13)24-11-21-10-22-24/h1-11,15H,(H,23,25). The van der Waals surface area contributed by atoms with Gasteiger partial charge in [0.15, 0.2) is 6.04 Å². The molecule has 1 amide bonds. The largest absolute Gasteiger partial charge is 0.412 e. The zero-order valence-electron chi connectivity index (χ0n) is 12.8. The molecule has 1 N–H and O–H groups in total. The maximum absolute atomic E-state index is 13.3. The predicted octanol–water partition coefficient (Wildman–Crippen LogP) is 3.30. The van der Waals surface area contributed by atoms with E-state index in [1.807, 2.05) is 5.32 Å². The summed E-state index contributed by atoms with van der Waals surface area (Å²) in [6.45, 7) is 0. The summed E-state index contributed by atoms with van der Waals surface area (Å²) < 4.78 is 41.4. The number of amides is 1. The van der Waals surface area contributed by atoms with Crippen LogP contribution >= 0.6 is 0 Å². The Balaban J connectivity index is 1.80. The van der Waals surface area contributed by atoms with E-state index in [0.29, 0.717) is 5.69 Å². The molecule has 0 aliphatic heterocycles. The van der Waals surface area contributed by atoms with Crippen molar-refractivity contribution in [1.29, 1.82) is 0 Å². The Bertz CT molecular complexity index is 831. The Labute approximate surface area is 141 Å². The van der Waals surface area contributed by atoms with Crippen LogP contribution in [0.5, 0.6) is 0 Å². The molecule has 0 spiro atoms. The second kappa shape index (κ2) is 6.76. The molecule has 25 heavy (non-hydrogen) atoms. The first-order valence-electron chi connectivity index (χ1n) is 7.33. The zero-order chi connectivity index (χ0) is 17.9. The van der Waals surface area contributed by atoms with Gasteiger partial charge in [-0.1, -0.05) is 30.3 Å². The van der Waals surface area contributed by atoms with Gasteiger partial charge in [-0.25, -0.2) is 9.67 Å². The summed E-state index contributed by atoms with van der Waals surface area (Å²) in [6.07, 6.45) is -1.77. The van der Waals surface area contributed by atoms with Crippen LogP contribution in [-0.4, -0.2) is 26.8 Å². The molecule has 3 aromatic rings. The van der Waals surface area contributed by atoms with Crippen molar-refractivity contribution in [2.75, 3.05) is 0 Å². The second-order valence-corrected chi connectivity index (χ2v) is 5.25. The highest BCUT2D eigenvalue weighted by molar-refractivity contribution is 5.94. The number of hydrogen-bond acceptors (Lipinski definition) is 3. The lowest BCUT2D eigenvalue weighted by molar-refractivity contribution is -0.155. The SMILES string of the molecule is O=C(NC(c1ccccc1)C(F)(F)F)c1ccc(-n2cncn2)cc1. The minimum atomic E-state index is -4.60. The normalized spacial score (nSPS) is 12.6. The summed E-state index contributed by atoms with van der Waals surface area (Å²) in [5, 5.41) is 5.98. The van der Waals surface area contributed by atoms with E-state index in [4.69, 9.17) is 0 Å². The highest BCUT2D eigenvalue weighted by atomic mass is 19.4. The van der Waals surface area contributed by atoms with Crippen LogP contribution in [0.3, 0.4) is 0 Å². The molecule has 1 atom stereocenters. The van der Waals surface area contributed by atoms with Gasteiger partial charge in [0, 0.05) is 5.56 Å². The van der Waals surface area contributed by atoms with Crippen molar-refractivity contribution in [1.82, 2.24) is 20.1 Å². The van der Waals surface area contributed by atoms with E-state index >= 15 is 0 Å². The molecule has 0 fully saturated rings. The van der Waals surface area contributed by atoms with E-state index in [1.165, 1.54) is 53.7 Å². The molecule has 0 bridgehead atoms. The summed E-state index contributed by atoms with van der Waals surface area (Å²) in [6, 6.07) is 11.2. The third-order valence-electron chi connectivity index (χ3n) is 3.55. The number of carbonyl (C=O) groups is 1. The van der Waals surface area contributed by atoms with Gasteiger partial charge in [0.25, 0.3) is 5.91 Å². The highest BCUT2D eigenvalue weighted by Gasteiger charge is 2.41. The Morgan fingerprint density at radius 1 is 1.04 bits per heavy atom. The number of nitrogens with zero attached hydrogens (tertiary/aromatic N) is 3. The zero-order valence-corrected chi connectivity index (χ0v) is 12.8. The maximum atomic E-state index is 13.3. The summed E-state index contributed by atoms with van der Waals surface area (Å²) in [7, 11) is 0. The first-order chi connectivity index (χ1) is 11.9. The Morgan fingerprint density at radius 3 is 2.28 bits per heavy atom. The van der Waals surface area contributed by atoms with Gasteiger partial charge in [-0.3, -0.25) is 4.79 Å². The molecule has 1 unspecified atom stereocenters. The number of hydrogen-bond donors (Lipinski definition) is 1. The molecular formula is C17H13F3N4O. The molecule has 0 aliphatic carbocycles. The van der Waals surface area contributed by atoms with Gasteiger partial charge < -0.3 is 5.32 Å². The number of benzene rings is 2. The quantitative estimate of drug-likeness (QED) is 0.788. The van der Waals surface area contributed by atoms with Crippen LogP contribution in [0.1, 0.15) is 22.0 Å². The minimum Gasteiger partial charge on any atom is -0.337 e. The fourth-order valence-electron chi connectivity index (χ4n) is 2.32. The van der Waals surface area contributed by atoms with E-state index in [0.717, 1.165) is 0 Å². The number of halogens is 3. The predicted molar refractivity (Wildman–Crippen MR) is 84.1 cm³/mol. The van der Waals surface area contributed by atoms with Crippen molar-refractivity contribution in [3.05, 3.63) is 78.4 Å². The van der Waals surface area contributed by atoms with Crippen molar-refractivity contribution >= 4 is 5.91 Å². The lowest BCUT2D eigenvalue weighted by atomic mass is 10.1. The first kappa shape index (κ1) is 16.7. The van der Waals surface area contributed by atoms with Crippen LogP contribution in [0.2, 0.25) is 0 Å². The summed E-state index contributed by atoms with van der Waals surface area (Å²) in [5.41, 5.74) is 0.737. The monoisotopic (exact) mass is 346 g/mol. The number of nitrogens with one attached hydrogen (secondary N) is 1. The van der Waals surface area contributed by atoms with Crippen molar-refractivity contribution in [2.45, 2.75) is 12.2 Å². The highest BCUT2D eigenvalue weighted by Crippen LogP contribution is 2.32. The molecular weight excluding hydrogens is 333 g/mol. The first-order valence-corrected chi connectivity index (χ1v) is 7.33. The summed E-state index contributed by atoms with van der Waals surface area (Å²) in [4.78, 5) is 16.0. The van der Waals surface area contributed by atoms with Crippen LogP contribution < -0.4 is 5.32 Å². The summed E-state index contributed by atoms with van der Waals surface area (Å²) in [5.74, 6) is -0.809. The van der Waals surface area contributed by atoms with Gasteiger partial charge in [-0.05, 0) is 29.8 Å². The smallest absolute Gasteiger partial charge is 0.337 e. The van der Waals surface area contributed by atoms with Crippen LogP contribution in [0, 0.1) is 0 Å². The van der Waals surface area contributed by atoms with Crippen molar-refractivity contribution in [3.8, 4) is 5.69 Å². The van der Waals surface area contributed by atoms with E-state index < -0.39 is 18.1 Å². The van der Waals surface area contributed by atoms with Crippen LogP contribution in [0.4, 0.5) is 13.2 Å². The molecule has 0 saturated carbocycles. The lowest BCUT2D eigenvalue weighted by Gasteiger charge is -2.22. The third-order valence-corrected chi connectivity index (χ3v) is 3.55. The second-order valence-electron chi connectivity index (χ2n) is 5.25. The number of alkyl halides is 3. The van der Waals surface area contributed by atoms with Crippen molar-refractivity contribution < 1.29 is 18.0 Å². The van der Waals surface area contributed by atoms with Gasteiger partial charge >= 0.3 is 6.18 Å². The molecule has 128 valence electrons. The van der Waals surface area contributed by atoms with Crippen LogP contribution in [0.15, 0.2) is 67.3 Å². The van der Waals surface area contributed by atoms with Crippen molar-refractivity contribution in [2.24, 2.45) is 0 Å². The topological polar surface area (TPSA) is 59.8 Å². The van der Waals surface area contributed by atoms with E-state index in [2.05, 4.69) is 10.1 Å². The molecule has 0 radical (unpaired) electrons.